The number of urea groups is 1. The van der Waals surface area contributed by atoms with Crippen molar-refractivity contribution in [2.45, 2.75) is 26.3 Å². The fraction of sp³-hybridized carbons (Fsp3) is 0.524. The summed E-state index contributed by atoms with van der Waals surface area (Å²) in [5, 5.41) is 2.77. The number of fused-ring (bicyclic) bond motifs is 4. The molecule has 2 fully saturated rings. The molecule has 3 aliphatic rings. The van der Waals surface area contributed by atoms with Crippen LogP contribution in [0.3, 0.4) is 0 Å². The Morgan fingerprint density at radius 3 is 2.40 bits per heavy atom. The van der Waals surface area contributed by atoms with Gasteiger partial charge in [-0.3, -0.25) is 29.1 Å². The number of anilines is 2. The molecule has 4 rings (SSSR count). The molecule has 1 aromatic carbocycles. The van der Waals surface area contributed by atoms with Crippen LogP contribution in [0.15, 0.2) is 18.2 Å². The zero-order valence-corrected chi connectivity index (χ0v) is 17.8. The van der Waals surface area contributed by atoms with Crippen molar-refractivity contribution in [2.75, 3.05) is 50.5 Å². The minimum atomic E-state index is -1.38. The van der Waals surface area contributed by atoms with Crippen LogP contribution in [-0.4, -0.2) is 84.8 Å². The van der Waals surface area contributed by atoms with Gasteiger partial charge in [-0.15, -0.1) is 0 Å². The van der Waals surface area contributed by atoms with Crippen LogP contribution in [0.2, 0.25) is 0 Å². The third kappa shape index (κ3) is 2.79. The average Bonchev–Trinajstić information content (AvgIpc) is 2.74. The van der Waals surface area contributed by atoms with Crippen LogP contribution in [0, 0.1) is 5.41 Å². The Bertz CT molecular complexity index is 921. The molecule has 30 heavy (non-hydrogen) atoms. The maximum absolute atomic E-state index is 13.5. The van der Waals surface area contributed by atoms with Crippen molar-refractivity contribution < 1.29 is 19.2 Å². The van der Waals surface area contributed by atoms with E-state index in [1.165, 1.54) is 21.0 Å². The van der Waals surface area contributed by atoms with E-state index in [0.717, 1.165) is 34.1 Å². The Balaban J connectivity index is 1.87. The van der Waals surface area contributed by atoms with E-state index in [0.29, 0.717) is 18.8 Å². The fourth-order valence-corrected chi connectivity index (χ4v) is 5.07. The number of carbonyl (C=O) groups excluding carboxylic acids is 4. The lowest BCUT2D eigenvalue weighted by atomic mass is 9.67. The third-order valence-corrected chi connectivity index (χ3v) is 6.61. The molecule has 9 heteroatoms. The van der Waals surface area contributed by atoms with Gasteiger partial charge in [0, 0.05) is 52.0 Å². The van der Waals surface area contributed by atoms with E-state index in [9.17, 15) is 19.2 Å². The van der Waals surface area contributed by atoms with E-state index >= 15 is 0 Å². The normalized spacial score (nSPS) is 23.5. The van der Waals surface area contributed by atoms with Crippen molar-refractivity contribution in [1.29, 1.82) is 0 Å². The van der Waals surface area contributed by atoms with E-state index in [-0.39, 0.29) is 18.4 Å². The quantitative estimate of drug-likeness (QED) is 0.720. The smallest absolute Gasteiger partial charge is 0.332 e. The number of hydrogen-bond donors (Lipinski definition) is 1. The van der Waals surface area contributed by atoms with Crippen LogP contribution in [0.5, 0.6) is 0 Å². The van der Waals surface area contributed by atoms with Crippen molar-refractivity contribution >= 4 is 35.1 Å². The fourth-order valence-electron chi connectivity index (χ4n) is 5.07. The van der Waals surface area contributed by atoms with E-state index in [4.69, 9.17) is 0 Å². The predicted molar refractivity (Wildman–Crippen MR) is 111 cm³/mol. The van der Waals surface area contributed by atoms with E-state index in [1.807, 2.05) is 18.2 Å². The van der Waals surface area contributed by atoms with E-state index < -0.39 is 23.3 Å². The van der Waals surface area contributed by atoms with Gasteiger partial charge in [-0.1, -0.05) is 6.92 Å². The number of likely N-dealkylation sites (N-methyl/N-ethyl adjacent to an activating group) is 1. The molecule has 3 heterocycles. The Labute approximate surface area is 175 Å². The highest BCUT2D eigenvalue weighted by Gasteiger charge is 2.63. The number of hydrogen-bond acceptors (Lipinski definition) is 6. The number of nitrogens with zero attached hydrogens (tertiary/aromatic N) is 4. The van der Waals surface area contributed by atoms with E-state index in [1.54, 1.807) is 0 Å². The maximum atomic E-state index is 13.5. The number of amides is 5. The zero-order chi connectivity index (χ0) is 21.8. The number of barbiturate groups is 1. The predicted octanol–water partition coefficient (Wildman–Crippen LogP) is 0.748. The lowest BCUT2D eigenvalue weighted by Gasteiger charge is -2.56. The molecule has 0 radical (unpaired) electrons. The number of nitrogens with one attached hydrogen (secondary N) is 1. The number of piperazine rings is 1. The molecule has 0 saturated carbocycles. The molecule has 1 spiro atoms. The summed E-state index contributed by atoms with van der Waals surface area (Å²) in [4.78, 5) is 57.5. The molecule has 1 unspecified atom stereocenters. The van der Waals surface area contributed by atoms with Gasteiger partial charge < -0.3 is 10.2 Å². The molecule has 160 valence electrons. The Kier molecular flexibility index (Phi) is 4.80. The standard InChI is InChI=1S/C21H27N5O4/c1-5-25-8-9-26-16-7-6-15(22-13(2)27)10-14(16)11-21(17(26)12-25)18(28)23(3)20(30)24(4)19(21)29/h6-7,10,17H,5,8-9,11-12H2,1-4H3,(H,22,27). The summed E-state index contributed by atoms with van der Waals surface area (Å²) >= 11 is 0. The SMILES string of the molecule is CCN1CCN2c3ccc(NC(C)=O)cc3CC3(C(=O)N(C)C(=O)N(C)C3=O)C2C1. The van der Waals surface area contributed by atoms with E-state index in [2.05, 4.69) is 22.0 Å². The van der Waals surface area contributed by atoms with Crippen molar-refractivity contribution in [2.24, 2.45) is 5.41 Å². The highest BCUT2D eigenvalue weighted by Crippen LogP contribution is 2.47. The van der Waals surface area contributed by atoms with Crippen molar-refractivity contribution in [1.82, 2.24) is 14.7 Å². The molecular weight excluding hydrogens is 386 g/mol. The van der Waals surface area contributed by atoms with Gasteiger partial charge in [-0.25, -0.2) is 4.79 Å². The van der Waals surface area contributed by atoms with Gasteiger partial charge in [0.25, 0.3) is 0 Å². The Morgan fingerprint density at radius 1 is 1.13 bits per heavy atom. The van der Waals surface area contributed by atoms with Gasteiger partial charge in [0.05, 0.1) is 6.04 Å². The van der Waals surface area contributed by atoms with Crippen LogP contribution in [-0.2, 0) is 20.8 Å². The molecule has 3 aliphatic heterocycles. The summed E-state index contributed by atoms with van der Waals surface area (Å²) in [6.45, 7) is 6.38. The summed E-state index contributed by atoms with van der Waals surface area (Å²) in [5.74, 6) is -1.11. The molecule has 0 aromatic heterocycles. The highest BCUT2D eigenvalue weighted by molar-refractivity contribution is 6.20. The first kappa shape index (κ1) is 20.3. The summed E-state index contributed by atoms with van der Waals surface area (Å²) in [5.41, 5.74) is 1.03. The first-order valence-corrected chi connectivity index (χ1v) is 10.2. The summed E-state index contributed by atoms with van der Waals surface area (Å²) in [7, 11) is 2.87. The average molecular weight is 413 g/mol. The maximum Gasteiger partial charge on any atom is 0.332 e. The second-order valence-electron chi connectivity index (χ2n) is 8.29. The van der Waals surface area contributed by atoms with Crippen LogP contribution >= 0.6 is 0 Å². The van der Waals surface area contributed by atoms with Gasteiger partial charge in [-0.05, 0) is 36.7 Å². The molecule has 2 saturated heterocycles. The number of benzene rings is 1. The highest BCUT2D eigenvalue weighted by atomic mass is 16.2. The lowest BCUT2D eigenvalue weighted by molar-refractivity contribution is -0.160. The van der Waals surface area contributed by atoms with Crippen LogP contribution in [0.4, 0.5) is 16.2 Å². The van der Waals surface area contributed by atoms with Crippen molar-refractivity contribution in [3.05, 3.63) is 23.8 Å². The van der Waals surface area contributed by atoms with Gasteiger partial charge >= 0.3 is 6.03 Å². The molecule has 0 bridgehead atoms. The number of imide groups is 2. The van der Waals surface area contributed by atoms with Crippen LogP contribution in [0.1, 0.15) is 19.4 Å². The Morgan fingerprint density at radius 2 is 1.80 bits per heavy atom. The number of rotatable bonds is 2. The Hall–Kier alpha value is -2.94. The topological polar surface area (TPSA) is 93.3 Å². The van der Waals surface area contributed by atoms with Gasteiger partial charge in [0.1, 0.15) is 0 Å². The zero-order valence-electron chi connectivity index (χ0n) is 17.8. The van der Waals surface area contributed by atoms with Crippen LogP contribution < -0.4 is 10.2 Å². The monoisotopic (exact) mass is 413 g/mol. The first-order valence-electron chi connectivity index (χ1n) is 10.2. The second-order valence-corrected chi connectivity index (χ2v) is 8.29. The second kappa shape index (κ2) is 7.09. The summed E-state index contributed by atoms with van der Waals surface area (Å²) < 4.78 is 0. The van der Waals surface area contributed by atoms with Crippen LogP contribution in [0.25, 0.3) is 0 Å². The summed E-state index contributed by atoms with van der Waals surface area (Å²) in [6.07, 6.45) is 0.189. The minimum Gasteiger partial charge on any atom is -0.364 e. The molecule has 1 N–H and O–H groups in total. The van der Waals surface area contributed by atoms with Gasteiger partial charge in [0.2, 0.25) is 17.7 Å². The molecule has 1 aromatic rings. The minimum absolute atomic E-state index is 0.189. The third-order valence-electron chi connectivity index (χ3n) is 6.61. The largest absolute Gasteiger partial charge is 0.364 e. The molecule has 5 amide bonds. The molecule has 1 atom stereocenters. The lowest BCUT2D eigenvalue weighted by Crippen LogP contribution is -2.74. The molecule has 0 aliphatic carbocycles. The van der Waals surface area contributed by atoms with Gasteiger partial charge in [-0.2, -0.15) is 0 Å². The molecular formula is C21H27N5O4. The van der Waals surface area contributed by atoms with Crippen molar-refractivity contribution in [3.63, 3.8) is 0 Å². The molecule has 9 nitrogen and oxygen atoms in total. The summed E-state index contributed by atoms with van der Waals surface area (Å²) in [6, 6.07) is 4.64. The van der Waals surface area contributed by atoms with Crippen molar-refractivity contribution in [3.8, 4) is 0 Å². The number of carbonyl (C=O) groups is 4. The van der Waals surface area contributed by atoms with Gasteiger partial charge in [0.15, 0.2) is 5.41 Å². The first-order chi connectivity index (χ1) is 14.2.